The third-order valence-corrected chi connectivity index (χ3v) is 11.3. The van der Waals surface area contributed by atoms with E-state index in [4.69, 9.17) is 14.3 Å². The molecular weight excluding hydrogens is 764 g/mol. The van der Waals surface area contributed by atoms with Crippen LogP contribution in [-0.2, 0) is 23.5 Å². The Labute approximate surface area is 351 Å². The van der Waals surface area contributed by atoms with E-state index in [1.807, 2.05) is 9.80 Å². The number of rotatable bonds is 42. The molecule has 0 radical (unpaired) electrons. The topological polar surface area (TPSA) is 89.1 Å². The van der Waals surface area contributed by atoms with Gasteiger partial charge in [0.25, 0.3) is 0 Å². The van der Waals surface area contributed by atoms with Gasteiger partial charge in [-0.15, -0.1) is 0 Å². The predicted molar refractivity (Wildman–Crippen MR) is 233 cm³/mol. The summed E-state index contributed by atoms with van der Waals surface area (Å²) in [5, 5.41) is 0. The molecule has 0 aromatic heterocycles. The third-order valence-electron chi connectivity index (χ3n) is 11.3. The summed E-state index contributed by atoms with van der Waals surface area (Å²) >= 11 is -6.02. The van der Waals surface area contributed by atoms with Crippen LogP contribution >= 0.6 is 0 Å². The van der Waals surface area contributed by atoms with E-state index in [0.29, 0.717) is 0 Å². The van der Waals surface area contributed by atoms with Gasteiger partial charge in [0.2, 0.25) is 0 Å². The van der Waals surface area contributed by atoms with Gasteiger partial charge in [-0.2, -0.15) is 0 Å². The second-order valence-electron chi connectivity index (χ2n) is 17.0. The molecule has 0 aliphatic rings. The van der Waals surface area contributed by atoms with Crippen LogP contribution in [0.5, 0.6) is 0 Å². The van der Waals surface area contributed by atoms with Crippen molar-refractivity contribution in [1.82, 2.24) is 0 Å². The van der Waals surface area contributed by atoms with Crippen LogP contribution < -0.4 is 17.3 Å². The monoisotopic (exact) mass is 871 g/mol. The summed E-state index contributed by atoms with van der Waals surface area (Å²) < 4.78 is 34.5. The zero-order valence-electron chi connectivity index (χ0n) is 38.7. The van der Waals surface area contributed by atoms with Crippen molar-refractivity contribution in [3.05, 3.63) is 0 Å². The number of hydrogen-bond donors (Lipinski definition) is 2. The molecule has 0 amide bonds. The Morgan fingerprint density at radius 2 is 0.364 bits per heavy atom. The normalized spacial score (nSPS) is 11.5. The first-order chi connectivity index (χ1) is 26.7. The first-order valence-electron chi connectivity index (χ1n) is 25.0. The van der Waals surface area contributed by atoms with Crippen molar-refractivity contribution in [2.45, 2.75) is 273 Å². The summed E-state index contributed by atoms with van der Waals surface area (Å²) in [6.45, 7) is 22.5. The van der Waals surface area contributed by atoms with Crippen LogP contribution in [-0.4, -0.2) is 39.3 Å². The van der Waals surface area contributed by atoms with Crippen LogP contribution in [0.3, 0.4) is 0 Å². The van der Waals surface area contributed by atoms with Gasteiger partial charge in [0.1, 0.15) is 0 Å². The summed E-state index contributed by atoms with van der Waals surface area (Å²) in [5.74, 6) is 0. The Bertz CT molecular complexity index is 635. The van der Waals surface area contributed by atoms with Crippen LogP contribution in [0.15, 0.2) is 0 Å². The molecule has 0 aromatic carbocycles. The molecule has 2 N–H and O–H groups in total. The molecule has 0 aliphatic carbocycles. The first kappa shape index (κ1) is 59.4. The molecule has 6 nitrogen and oxygen atoms in total. The van der Waals surface area contributed by atoms with E-state index in [1.165, 1.54) is 270 Å². The SMILES string of the molecule is CCCCCCCC[NH+](CCCCCCCC)CCCCCCCC.CCCCCCCC[NH+](CCCCCCCC)CCCCCCCC.[O]=[Mo](=[O])([O-])[O-]. The number of unbranched alkanes of at least 4 members (excludes halogenated alkanes) is 30. The van der Waals surface area contributed by atoms with Crippen LogP contribution in [0.4, 0.5) is 0 Å². The molecule has 0 heterocycles. The Balaban J connectivity index is -0.000000874. The van der Waals surface area contributed by atoms with Gasteiger partial charge in [0.05, 0.1) is 39.3 Å². The zero-order chi connectivity index (χ0) is 41.4. The van der Waals surface area contributed by atoms with Crippen LogP contribution in [0.1, 0.15) is 273 Å². The van der Waals surface area contributed by atoms with E-state index in [9.17, 15) is 0 Å². The minimum absolute atomic E-state index is 1.37. The molecule has 0 aliphatic heterocycles. The van der Waals surface area contributed by atoms with Gasteiger partial charge in [-0.05, 0) is 77.0 Å². The van der Waals surface area contributed by atoms with Crippen LogP contribution in [0.2, 0.25) is 0 Å². The second kappa shape index (κ2) is 52.1. The molecule has 0 unspecified atom stereocenters. The zero-order valence-corrected chi connectivity index (χ0v) is 40.7. The maximum absolute atomic E-state index is 8.63. The second-order valence-corrected chi connectivity index (χ2v) is 19.0. The van der Waals surface area contributed by atoms with Crippen molar-refractivity contribution in [3.63, 3.8) is 0 Å². The van der Waals surface area contributed by atoms with Crippen LogP contribution in [0.25, 0.3) is 0 Å². The number of hydrogen-bond acceptors (Lipinski definition) is 4. The average Bonchev–Trinajstić information content (AvgIpc) is 3.15. The molecule has 0 bridgehead atoms. The molecule has 0 spiro atoms. The Morgan fingerprint density at radius 3 is 0.491 bits per heavy atom. The molecule has 0 rings (SSSR count). The summed E-state index contributed by atoms with van der Waals surface area (Å²) in [5.41, 5.74) is 0. The summed E-state index contributed by atoms with van der Waals surface area (Å²) in [6, 6.07) is 0. The molecular formula is C48H104MoN2O4. The van der Waals surface area contributed by atoms with Crippen molar-refractivity contribution < 1.29 is 40.9 Å². The van der Waals surface area contributed by atoms with E-state index in [1.54, 1.807) is 0 Å². The fraction of sp³-hybridized carbons (Fsp3) is 1.00. The van der Waals surface area contributed by atoms with E-state index >= 15 is 0 Å². The molecule has 55 heavy (non-hydrogen) atoms. The van der Waals surface area contributed by atoms with Gasteiger partial charge in [-0.1, -0.05) is 196 Å². The standard InChI is InChI=1S/2C24H51N.Mo.4O/c2*1-4-7-10-13-16-19-22-25(23-20-17-14-11-8-5-2)24-21-18-15-12-9-6-3;;;;;/h2*4-24H2,1-3H3;;;;;/q;;;;;2*-1/p+2. The first-order valence-corrected chi connectivity index (χ1v) is 28.3. The maximum atomic E-state index is 8.63. The minimum atomic E-state index is -6.02. The Morgan fingerprint density at radius 1 is 0.255 bits per heavy atom. The third kappa shape index (κ3) is 63.5. The van der Waals surface area contributed by atoms with E-state index in [0.717, 1.165) is 0 Å². The molecule has 0 saturated carbocycles. The molecule has 0 aromatic rings. The number of quaternary nitrogens is 2. The predicted octanol–water partition coefficient (Wildman–Crippen LogP) is 11.3. The average molecular weight is 869 g/mol. The molecule has 7 heteroatoms. The van der Waals surface area contributed by atoms with Crippen molar-refractivity contribution >= 4 is 0 Å². The number of nitrogens with one attached hydrogen (secondary N) is 2. The van der Waals surface area contributed by atoms with Gasteiger partial charge in [-0.25, -0.2) is 0 Å². The van der Waals surface area contributed by atoms with Gasteiger partial charge in [0.15, 0.2) is 0 Å². The van der Waals surface area contributed by atoms with E-state index in [-0.39, 0.29) is 0 Å². The molecule has 0 saturated heterocycles. The summed E-state index contributed by atoms with van der Waals surface area (Å²) in [6.07, 6.45) is 52.0. The van der Waals surface area contributed by atoms with Crippen molar-refractivity contribution in [3.8, 4) is 0 Å². The van der Waals surface area contributed by atoms with Gasteiger partial charge >= 0.3 is 31.1 Å². The molecule has 336 valence electrons. The van der Waals surface area contributed by atoms with E-state index in [2.05, 4.69) is 41.5 Å². The van der Waals surface area contributed by atoms with Gasteiger partial charge < -0.3 is 9.80 Å². The van der Waals surface area contributed by atoms with Gasteiger partial charge in [-0.3, -0.25) is 0 Å². The van der Waals surface area contributed by atoms with Crippen molar-refractivity contribution in [2.24, 2.45) is 0 Å². The summed E-state index contributed by atoms with van der Waals surface area (Å²) in [4.78, 5) is 3.84. The Kier molecular flexibility index (Phi) is 56.4. The van der Waals surface area contributed by atoms with Gasteiger partial charge in [0, 0.05) is 0 Å². The Hall–Kier alpha value is 0.128. The fourth-order valence-electron chi connectivity index (χ4n) is 7.68. The van der Waals surface area contributed by atoms with Crippen molar-refractivity contribution in [2.75, 3.05) is 39.3 Å². The summed E-state index contributed by atoms with van der Waals surface area (Å²) in [7, 11) is 0. The van der Waals surface area contributed by atoms with Crippen LogP contribution in [0, 0.1) is 0 Å². The molecule has 0 atom stereocenters. The fourth-order valence-corrected chi connectivity index (χ4v) is 7.68. The van der Waals surface area contributed by atoms with Crippen molar-refractivity contribution in [1.29, 1.82) is 0 Å². The molecule has 0 fully saturated rings. The quantitative estimate of drug-likeness (QED) is 0.0472. The van der Waals surface area contributed by atoms with E-state index < -0.39 is 16.7 Å².